The second kappa shape index (κ2) is 4.82. The van der Waals surface area contributed by atoms with Gasteiger partial charge in [-0.15, -0.1) is 0 Å². The van der Waals surface area contributed by atoms with E-state index in [1.165, 1.54) is 12.0 Å². The Balaban J connectivity index is 1.53. The van der Waals surface area contributed by atoms with Gasteiger partial charge in [0.25, 0.3) is 0 Å². The first-order valence-corrected chi connectivity index (χ1v) is 8.46. The van der Waals surface area contributed by atoms with Crippen LogP contribution in [0.25, 0.3) is 0 Å². The lowest BCUT2D eigenvalue weighted by atomic mass is 9.95. The molecule has 3 fully saturated rings. The van der Waals surface area contributed by atoms with E-state index in [1.807, 2.05) is 0 Å². The molecule has 1 unspecified atom stereocenters. The lowest BCUT2D eigenvalue weighted by Gasteiger charge is -2.29. The zero-order valence-corrected chi connectivity index (χ0v) is 13.5. The SMILES string of the molecule is COCC(C)[C@@H]1C[C@]12CC(=O)N(C1(c3ccccc3)CC1)C2. The zero-order chi connectivity index (χ0) is 15.4. The molecule has 4 rings (SSSR count). The normalized spacial score (nSPS) is 33.3. The minimum Gasteiger partial charge on any atom is -0.384 e. The van der Waals surface area contributed by atoms with Crippen molar-refractivity contribution in [2.75, 3.05) is 20.3 Å². The Morgan fingerprint density at radius 2 is 2.05 bits per heavy atom. The maximum Gasteiger partial charge on any atom is 0.223 e. The summed E-state index contributed by atoms with van der Waals surface area (Å²) in [6.45, 7) is 4.03. The molecule has 1 amide bonds. The van der Waals surface area contributed by atoms with Crippen LogP contribution in [0.5, 0.6) is 0 Å². The Hall–Kier alpha value is -1.35. The van der Waals surface area contributed by atoms with E-state index in [9.17, 15) is 4.79 Å². The van der Waals surface area contributed by atoms with Crippen molar-refractivity contribution in [3.05, 3.63) is 35.9 Å². The van der Waals surface area contributed by atoms with Crippen LogP contribution in [0.4, 0.5) is 0 Å². The summed E-state index contributed by atoms with van der Waals surface area (Å²) in [4.78, 5) is 14.9. The van der Waals surface area contributed by atoms with E-state index in [0.29, 0.717) is 17.7 Å². The van der Waals surface area contributed by atoms with E-state index >= 15 is 0 Å². The molecule has 3 nitrogen and oxygen atoms in total. The number of likely N-dealkylation sites (tertiary alicyclic amines) is 1. The molecule has 0 aromatic heterocycles. The van der Waals surface area contributed by atoms with Crippen LogP contribution in [-0.2, 0) is 15.1 Å². The summed E-state index contributed by atoms with van der Waals surface area (Å²) in [5, 5.41) is 0. The monoisotopic (exact) mass is 299 g/mol. The summed E-state index contributed by atoms with van der Waals surface area (Å²) in [6, 6.07) is 10.6. The third-order valence-electron chi connectivity index (χ3n) is 6.20. The molecule has 0 bridgehead atoms. The molecular weight excluding hydrogens is 274 g/mol. The smallest absolute Gasteiger partial charge is 0.223 e. The number of hydrogen-bond donors (Lipinski definition) is 0. The summed E-state index contributed by atoms with van der Waals surface area (Å²) >= 11 is 0. The van der Waals surface area contributed by atoms with Gasteiger partial charge in [-0.05, 0) is 36.7 Å². The number of ether oxygens (including phenoxy) is 1. The number of methoxy groups -OCH3 is 1. The lowest BCUT2D eigenvalue weighted by molar-refractivity contribution is -0.130. The van der Waals surface area contributed by atoms with Crippen LogP contribution in [0.2, 0.25) is 0 Å². The summed E-state index contributed by atoms with van der Waals surface area (Å²) in [7, 11) is 1.77. The van der Waals surface area contributed by atoms with Gasteiger partial charge >= 0.3 is 0 Å². The first-order valence-electron chi connectivity index (χ1n) is 8.46. The van der Waals surface area contributed by atoms with Gasteiger partial charge in [0.2, 0.25) is 5.91 Å². The molecule has 0 N–H and O–H groups in total. The molecule has 1 aliphatic heterocycles. The van der Waals surface area contributed by atoms with E-state index in [2.05, 4.69) is 42.2 Å². The molecule has 1 saturated heterocycles. The number of nitrogens with zero attached hydrogens (tertiary/aromatic N) is 1. The predicted octanol–water partition coefficient (Wildman–Crippen LogP) is 3.20. The number of carbonyl (C=O) groups is 1. The summed E-state index contributed by atoms with van der Waals surface area (Å²) < 4.78 is 5.31. The maximum absolute atomic E-state index is 12.7. The Bertz CT molecular complexity index is 580. The van der Waals surface area contributed by atoms with Crippen molar-refractivity contribution in [3.8, 4) is 0 Å². The van der Waals surface area contributed by atoms with Gasteiger partial charge in [0.1, 0.15) is 0 Å². The summed E-state index contributed by atoms with van der Waals surface area (Å²) in [5.74, 6) is 1.59. The molecular formula is C19H25NO2. The zero-order valence-electron chi connectivity index (χ0n) is 13.5. The van der Waals surface area contributed by atoms with Gasteiger partial charge in [-0.25, -0.2) is 0 Å². The lowest BCUT2D eigenvalue weighted by Crippen LogP contribution is -2.37. The molecule has 2 saturated carbocycles. The molecule has 22 heavy (non-hydrogen) atoms. The van der Waals surface area contributed by atoms with Crippen LogP contribution in [0, 0.1) is 17.3 Å². The molecule has 0 radical (unpaired) electrons. The van der Waals surface area contributed by atoms with Crippen LogP contribution in [0.1, 0.15) is 38.2 Å². The first kappa shape index (κ1) is 14.3. The van der Waals surface area contributed by atoms with E-state index in [4.69, 9.17) is 4.74 Å². The predicted molar refractivity (Wildman–Crippen MR) is 85.3 cm³/mol. The fourth-order valence-corrected chi connectivity index (χ4v) is 4.77. The molecule has 3 aliphatic rings. The topological polar surface area (TPSA) is 29.5 Å². The highest BCUT2D eigenvalue weighted by Gasteiger charge is 2.66. The largest absolute Gasteiger partial charge is 0.384 e. The fourth-order valence-electron chi connectivity index (χ4n) is 4.77. The Morgan fingerprint density at radius 3 is 2.68 bits per heavy atom. The number of benzene rings is 1. The van der Waals surface area contributed by atoms with Gasteiger partial charge in [-0.3, -0.25) is 4.79 Å². The Kier molecular flexibility index (Phi) is 3.12. The Morgan fingerprint density at radius 1 is 1.32 bits per heavy atom. The highest BCUT2D eigenvalue weighted by atomic mass is 16.5. The van der Waals surface area contributed by atoms with Gasteiger partial charge in [0.15, 0.2) is 0 Å². The Labute approximate surface area is 132 Å². The third-order valence-corrected chi connectivity index (χ3v) is 6.20. The van der Waals surface area contributed by atoms with Crippen LogP contribution in [0.15, 0.2) is 30.3 Å². The fraction of sp³-hybridized carbons (Fsp3) is 0.632. The minimum atomic E-state index is 0.0134. The molecule has 2 aliphatic carbocycles. The van der Waals surface area contributed by atoms with Gasteiger partial charge in [-0.2, -0.15) is 0 Å². The van der Waals surface area contributed by atoms with Crippen LogP contribution in [-0.4, -0.2) is 31.1 Å². The standard InChI is InChI=1S/C19H25NO2/c1-14(12-22-2)16-10-18(16)11-17(21)20(13-18)19(8-9-19)15-6-4-3-5-7-15/h3-7,14,16H,8-13H2,1-2H3/t14?,16-,18+/m0/s1. The molecule has 1 aromatic carbocycles. The van der Waals surface area contributed by atoms with E-state index in [-0.39, 0.29) is 11.0 Å². The molecule has 1 spiro atoms. The van der Waals surface area contributed by atoms with Gasteiger partial charge in [0, 0.05) is 32.1 Å². The quantitative estimate of drug-likeness (QED) is 0.835. The summed E-state index contributed by atoms with van der Waals surface area (Å²) in [5.41, 5.74) is 1.58. The van der Waals surface area contributed by atoms with Crippen molar-refractivity contribution in [3.63, 3.8) is 0 Å². The van der Waals surface area contributed by atoms with Crippen molar-refractivity contribution in [2.45, 2.75) is 38.1 Å². The summed E-state index contributed by atoms with van der Waals surface area (Å²) in [6.07, 6.45) is 4.19. The first-order chi connectivity index (χ1) is 10.6. The van der Waals surface area contributed by atoms with Crippen molar-refractivity contribution >= 4 is 5.91 Å². The van der Waals surface area contributed by atoms with E-state index in [1.54, 1.807) is 7.11 Å². The van der Waals surface area contributed by atoms with Gasteiger partial charge in [-0.1, -0.05) is 37.3 Å². The van der Waals surface area contributed by atoms with E-state index in [0.717, 1.165) is 32.4 Å². The number of carbonyl (C=O) groups excluding carboxylic acids is 1. The number of rotatable bonds is 5. The van der Waals surface area contributed by atoms with Crippen LogP contribution < -0.4 is 0 Å². The molecule has 3 heteroatoms. The molecule has 3 atom stereocenters. The second-order valence-electron chi connectivity index (χ2n) is 7.66. The maximum atomic E-state index is 12.7. The average Bonchev–Trinajstić information content (AvgIpc) is 3.40. The molecule has 1 heterocycles. The second-order valence-corrected chi connectivity index (χ2v) is 7.66. The van der Waals surface area contributed by atoms with Gasteiger partial charge in [0.05, 0.1) is 5.54 Å². The van der Waals surface area contributed by atoms with Crippen molar-refractivity contribution < 1.29 is 9.53 Å². The molecule has 118 valence electrons. The van der Waals surface area contributed by atoms with Crippen molar-refractivity contribution in [1.29, 1.82) is 0 Å². The van der Waals surface area contributed by atoms with Gasteiger partial charge < -0.3 is 9.64 Å². The number of hydrogen-bond acceptors (Lipinski definition) is 2. The highest BCUT2D eigenvalue weighted by molar-refractivity contribution is 5.82. The van der Waals surface area contributed by atoms with E-state index < -0.39 is 0 Å². The molecule has 1 aromatic rings. The third kappa shape index (κ3) is 2.02. The minimum absolute atomic E-state index is 0.0134. The van der Waals surface area contributed by atoms with Crippen molar-refractivity contribution in [1.82, 2.24) is 4.90 Å². The highest BCUT2D eigenvalue weighted by Crippen LogP contribution is 2.65. The number of amides is 1. The average molecular weight is 299 g/mol. The van der Waals surface area contributed by atoms with Crippen LogP contribution in [0.3, 0.4) is 0 Å². The van der Waals surface area contributed by atoms with Crippen LogP contribution >= 0.6 is 0 Å². The van der Waals surface area contributed by atoms with Crippen molar-refractivity contribution in [2.24, 2.45) is 17.3 Å².